The van der Waals surface area contributed by atoms with Gasteiger partial charge in [-0.3, -0.25) is 9.78 Å². The van der Waals surface area contributed by atoms with Crippen LogP contribution in [0.3, 0.4) is 0 Å². The first kappa shape index (κ1) is 13.5. The van der Waals surface area contributed by atoms with Crippen molar-refractivity contribution in [3.63, 3.8) is 0 Å². The van der Waals surface area contributed by atoms with Crippen LogP contribution in [0.15, 0.2) is 54.7 Å². The fraction of sp³-hybridized carbons (Fsp3) is 0. The minimum atomic E-state index is -1.03. The molecule has 5 nitrogen and oxygen atoms in total. The second-order valence-corrected chi connectivity index (χ2v) is 3.97. The highest BCUT2D eigenvalue weighted by atomic mass is 16.4. The molecular weight excluding hydrogens is 256 g/mol. The van der Waals surface area contributed by atoms with Gasteiger partial charge in [0.1, 0.15) is 5.69 Å². The van der Waals surface area contributed by atoms with E-state index in [-0.39, 0.29) is 11.6 Å². The van der Waals surface area contributed by atoms with E-state index >= 15 is 0 Å². The maximum atomic E-state index is 11.9. The van der Waals surface area contributed by atoms with Crippen LogP contribution < -0.4 is 5.32 Å². The predicted octanol–water partition coefficient (Wildman–Crippen LogP) is 2.43. The van der Waals surface area contributed by atoms with E-state index in [0.717, 1.165) is 6.08 Å². The van der Waals surface area contributed by atoms with Gasteiger partial charge >= 0.3 is 5.97 Å². The summed E-state index contributed by atoms with van der Waals surface area (Å²) in [6, 6.07) is 12.2. The summed E-state index contributed by atoms with van der Waals surface area (Å²) in [6.45, 7) is 0. The number of pyridine rings is 1. The van der Waals surface area contributed by atoms with Gasteiger partial charge in [0.05, 0.1) is 0 Å². The van der Waals surface area contributed by atoms with Crippen LogP contribution in [0.25, 0.3) is 6.08 Å². The molecule has 2 rings (SSSR count). The third kappa shape index (κ3) is 3.78. The van der Waals surface area contributed by atoms with Crippen molar-refractivity contribution in [2.24, 2.45) is 0 Å². The lowest BCUT2D eigenvalue weighted by atomic mass is 10.2. The number of nitrogens with one attached hydrogen (secondary N) is 1. The molecule has 20 heavy (non-hydrogen) atoms. The normalized spacial score (nSPS) is 10.4. The highest BCUT2D eigenvalue weighted by molar-refractivity contribution is 6.02. The van der Waals surface area contributed by atoms with Crippen LogP contribution in [-0.2, 0) is 4.79 Å². The zero-order chi connectivity index (χ0) is 14.4. The van der Waals surface area contributed by atoms with E-state index in [0.29, 0.717) is 11.3 Å². The van der Waals surface area contributed by atoms with E-state index in [1.807, 2.05) is 18.2 Å². The molecule has 0 aliphatic rings. The van der Waals surface area contributed by atoms with E-state index in [4.69, 9.17) is 5.11 Å². The Morgan fingerprint density at radius 1 is 1.10 bits per heavy atom. The average Bonchev–Trinajstić information content (AvgIpc) is 2.46. The van der Waals surface area contributed by atoms with Crippen LogP contribution in [-0.4, -0.2) is 22.0 Å². The van der Waals surface area contributed by atoms with Gasteiger partial charge in [-0.1, -0.05) is 24.3 Å². The van der Waals surface area contributed by atoms with Gasteiger partial charge in [-0.15, -0.1) is 0 Å². The Morgan fingerprint density at radius 3 is 2.45 bits per heavy atom. The molecule has 2 aromatic rings. The fourth-order valence-corrected chi connectivity index (χ4v) is 1.52. The summed E-state index contributed by atoms with van der Waals surface area (Å²) in [7, 11) is 0. The van der Waals surface area contributed by atoms with Crippen LogP contribution in [0.2, 0.25) is 0 Å². The molecule has 0 atom stereocenters. The maximum Gasteiger partial charge on any atom is 0.328 e. The first-order chi connectivity index (χ1) is 9.65. The molecule has 0 unspecified atom stereocenters. The van der Waals surface area contributed by atoms with Crippen molar-refractivity contribution in [1.29, 1.82) is 0 Å². The number of carbonyl (C=O) groups excluding carboxylic acids is 1. The van der Waals surface area contributed by atoms with Crippen molar-refractivity contribution < 1.29 is 14.7 Å². The van der Waals surface area contributed by atoms with E-state index in [1.54, 1.807) is 24.3 Å². The number of hydrogen-bond acceptors (Lipinski definition) is 3. The standard InChI is InChI=1S/C15H12N2O3/c18-14(19)9-7-11-6-8-13(16-10-11)15(20)17-12-4-2-1-3-5-12/h1-10H,(H,17,20)(H,18,19). The summed E-state index contributed by atoms with van der Waals surface area (Å²) in [5, 5.41) is 11.2. The van der Waals surface area contributed by atoms with Crippen molar-refractivity contribution in [3.05, 3.63) is 66.0 Å². The number of anilines is 1. The van der Waals surface area contributed by atoms with E-state index < -0.39 is 5.97 Å². The number of carboxylic acid groups (broad SMARTS) is 1. The molecule has 2 N–H and O–H groups in total. The molecule has 5 heteroatoms. The van der Waals surface area contributed by atoms with Gasteiger partial charge in [0.15, 0.2) is 0 Å². The van der Waals surface area contributed by atoms with Gasteiger partial charge in [0, 0.05) is 18.0 Å². The monoisotopic (exact) mass is 268 g/mol. The van der Waals surface area contributed by atoms with Crippen LogP contribution in [0.4, 0.5) is 5.69 Å². The van der Waals surface area contributed by atoms with Crippen LogP contribution >= 0.6 is 0 Å². The molecule has 1 heterocycles. The molecule has 0 fully saturated rings. The number of nitrogens with zero attached hydrogens (tertiary/aromatic N) is 1. The molecule has 0 spiro atoms. The largest absolute Gasteiger partial charge is 0.478 e. The highest BCUT2D eigenvalue weighted by Crippen LogP contribution is 2.08. The first-order valence-corrected chi connectivity index (χ1v) is 5.88. The highest BCUT2D eigenvalue weighted by Gasteiger charge is 2.06. The molecule has 1 aromatic heterocycles. The van der Waals surface area contributed by atoms with Gasteiger partial charge in [0.2, 0.25) is 0 Å². The first-order valence-electron chi connectivity index (χ1n) is 5.88. The molecule has 0 aliphatic carbocycles. The molecule has 0 saturated heterocycles. The van der Waals surface area contributed by atoms with Crippen LogP contribution in [0.1, 0.15) is 16.1 Å². The van der Waals surface area contributed by atoms with Crippen LogP contribution in [0, 0.1) is 0 Å². The lowest BCUT2D eigenvalue weighted by Crippen LogP contribution is -2.13. The van der Waals surface area contributed by atoms with E-state index in [1.165, 1.54) is 12.3 Å². The Kier molecular flexibility index (Phi) is 4.24. The van der Waals surface area contributed by atoms with Crippen molar-refractivity contribution in [1.82, 2.24) is 4.98 Å². The number of amides is 1. The summed E-state index contributed by atoms with van der Waals surface area (Å²) >= 11 is 0. The Labute approximate surface area is 115 Å². The van der Waals surface area contributed by atoms with E-state index in [2.05, 4.69) is 10.3 Å². The smallest absolute Gasteiger partial charge is 0.328 e. The minimum absolute atomic E-state index is 0.265. The molecule has 100 valence electrons. The fourth-order valence-electron chi connectivity index (χ4n) is 1.52. The second kappa shape index (κ2) is 6.29. The van der Waals surface area contributed by atoms with Crippen LogP contribution in [0.5, 0.6) is 0 Å². The average molecular weight is 268 g/mol. The number of rotatable bonds is 4. The molecule has 0 aliphatic heterocycles. The minimum Gasteiger partial charge on any atom is -0.478 e. The molecule has 0 saturated carbocycles. The molecule has 0 bridgehead atoms. The van der Waals surface area contributed by atoms with Gasteiger partial charge in [-0.25, -0.2) is 4.79 Å². The topological polar surface area (TPSA) is 79.3 Å². The third-order valence-corrected chi connectivity index (χ3v) is 2.47. The number of hydrogen-bond donors (Lipinski definition) is 2. The lowest BCUT2D eigenvalue weighted by molar-refractivity contribution is -0.131. The predicted molar refractivity (Wildman–Crippen MR) is 75.3 cm³/mol. The van der Waals surface area contributed by atoms with Crippen molar-refractivity contribution in [2.75, 3.05) is 5.32 Å². The van der Waals surface area contributed by atoms with Crippen molar-refractivity contribution >= 4 is 23.6 Å². The number of aromatic nitrogens is 1. The SMILES string of the molecule is O=C(O)C=Cc1ccc(C(=O)Nc2ccccc2)nc1. The number of carboxylic acids is 1. The Hall–Kier alpha value is -2.95. The van der Waals surface area contributed by atoms with Crippen molar-refractivity contribution in [2.45, 2.75) is 0 Å². The zero-order valence-corrected chi connectivity index (χ0v) is 10.5. The Balaban J connectivity index is 2.06. The number of benzene rings is 1. The maximum absolute atomic E-state index is 11.9. The summed E-state index contributed by atoms with van der Waals surface area (Å²) < 4.78 is 0. The number of carbonyl (C=O) groups is 2. The third-order valence-electron chi connectivity index (χ3n) is 2.47. The quantitative estimate of drug-likeness (QED) is 0.835. The second-order valence-electron chi connectivity index (χ2n) is 3.97. The number of para-hydroxylation sites is 1. The molecular formula is C15H12N2O3. The van der Waals surface area contributed by atoms with Gasteiger partial charge in [-0.05, 0) is 29.8 Å². The summed E-state index contributed by atoms with van der Waals surface area (Å²) in [4.78, 5) is 26.3. The molecule has 1 aromatic carbocycles. The molecule has 0 radical (unpaired) electrons. The van der Waals surface area contributed by atoms with Gasteiger partial charge in [0.25, 0.3) is 5.91 Å². The van der Waals surface area contributed by atoms with Gasteiger partial charge < -0.3 is 10.4 Å². The number of aliphatic carboxylic acids is 1. The van der Waals surface area contributed by atoms with Crippen molar-refractivity contribution in [3.8, 4) is 0 Å². The summed E-state index contributed by atoms with van der Waals surface area (Å²) in [5.41, 5.74) is 1.57. The van der Waals surface area contributed by atoms with Gasteiger partial charge in [-0.2, -0.15) is 0 Å². The summed E-state index contributed by atoms with van der Waals surface area (Å²) in [5.74, 6) is -1.35. The zero-order valence-electron chi connectivity index (χ0n) is 10.5. The lowest BCUT2D eigenvalue weighted by Gasteiger charge is -2.04. The molecule has 1 amide bonds. The Bertz CT molecular complexity index is 634. The van der Waals surface area contributed by atoms with E-state index in [9.17, 15) is 9.59 Å². The summed E-state index contributed by atoms with van der Waals surface area (Å²) in [6.07, 6.45) is 3.87. The Morgan fingerprint density at radius 2 is 1.85 bits per heavy atom.